The van der Waals surface area contributed by atoms with E-state index in [1.165, 1.54) is 22.2 Å². The Hall–Kier alpha value is -1.31. The van der Waals surface area contributed by atoms with Crippen molar-refractivity contribution < 1.29 is 0 Å². The third-order valence-corrected chi connectivity index (χ3v) is 2.66. The highest BCUT2D eigenvalue weighted by atomic mass is 14.9. The predicted octanol–water partition coefficient (Wildman–Crippen LogP) is 3.77. The Morgan fingerprint density at radius 3 is 2.53 bits per heavy atom. The van der Waals surface area contributed by atoms with Crippen molar-refractivity contribution in [1.82, 2.24) is 9.97 Å². The summed E-state index contributed by atoms with van der Waals surface area (Å²) in [5.41, 5.74) is 4.96. The normalized spacial score (nSPS) is 9.93. The SMILES string of the molecule is CC.CCc1ccnc2[nH]c(C)c(C)c12. The number of nitrogens with one attached hydrogen (secondary N) is 1. The molecule has 0 aliphatic carbocycles. The van der Waals surface area contributed by atoms with Crippen molar-refractivity contribution in [2.45, 2.75) is 41.0 Å². The van der Waals surface area contributed by atoms with Crippen LogP contribution in [0.4, 0.5) is 0 Å². The van der Waals surface area contributed by atoms with Crippen molar-refractivity contribution >= 4 is 11.0 Å². The van der Waals surface area contributed by atoms with Gasteiger partial charge in [0.1, 0.15) is 5.65 Å². The molecule has 2 nitrogen and oxygen atoms in total. The highest BCUT2D eigenvalue weighted by Crippen LogP contribution is 2.23. The van der Waals surface area contributed by atoms with E-state index in [1.54, 1.807) is 0 Å². The molecule has 82 valence electrons. The number of hydrogen-bond donors (Lipinski definition) is 1. The Bertz CT molecular complexity index is 441. The van der Waals surface area contributed by atoms with Crippen molar-refractivity contribution in [2.24, 2.45) is 0 Å². The molecule has 2 heteroatoms. The minimum Gasteiger partial charge on any atom is -0.343 e. The van der Waals surface area contributed by atoms with Gasteiger partial charge in [-0.1, -0.05) is 20.8 Å². The molecule has 1 N–H and O–H groups in total. The maximum absolute atomic E-state index is 4.32. The molecule has 0 aliphatic heterocycles. The Morgan fingerprint density at radius 1 is 1.27 bits per heavy atom. The number of fused-ring (bicyclic) bond motifs is 1. The average Bonchev–Trinajstić information content (AvgIpc) is 2.58. The zero-order valence-electron chi connectivity index (χ0n) is 10.3. The Kier molecular flexibility index (Phi) is 3.89. The molecule has 0 bridgehead atoms. The van der Waals surface area contributed by atoms with Gasteiger partial charge in [0.05, 0.1) is 0 Å². The number of aromatic amines is 1. The molecule has 0 spiro atoms. The standard InChI is InChI=1S/C11H14N2.C2H6/c1-4-9-5-6-12-11-10(9)7(2)8(3)13-11;1-2/h5-6H,4H2,1-3H3,(H,12,13);1-2H3. The lowest BCUT2D eigenvalue weighted by Crippen LogP contribution is -1.84. The lowest BCUT2D eigenvalue weighted by Gasteiger charge is -1.98. The molecule has 2 aromatic heterocycles. The van der Waals surface area contributed by atoms with E-state index in [-0.39, 0.29) is 0 Å². The predicted molar refractivity (Wildman–Crippen MR) is 66.3 cm³/mol. The van der Waals surface area contributed by atoms with Gasteiger partial charge in [0, 0.05) is 17.3 Å². The van der Waals surface area contributed by atoms with Gasteiger partial charge in [-0.05, 0) is 37.5 Å². The molecule has 15 heavy (non-hydrogen) atoms. The van der Waals surface area contributed by atoms with Gasteiger partial charge in [0.25, 0.3) is 0 Å². The maximum atomic E-state index is 4.32. The molecule has 0 amide bonds. The van der Waals surface area contributed by atoms with Crippen LogP contribution in [-0.2, 0) is 6.42 Å². The molecular weight excluding hydrogens is 184 g/mol. The third kappa shape index (κ3) is 2.04. The quantitative estimate of drug-likeness (QED) is 0.752. The first kappa shape index (κ1) is 11.8. The molecular formula is C13H20N2. The van der Waals surface area contributed by atoms with Crippen molar-refractivity contribution in [1.29, 1.82) is 0 Å². The van der Waals surface area contributed by atoms with E-state index < -0.39 is 0 Å². The molecule has 2 rings (SSSR count). The van der Waals surface area contributed by atoms with E-state index in [2.05, 4.69) is 36.8 Å². The fourth-order valence-electron chi connectivity index (χ4n) is 1.77. The number of rotatable bonds is 1. The Morgan fingerprint density at radius 2 is 1.93 bits per heavy atom. The molecule has 0 unspecified atom stereocenters. The number of aromatic nitrogens is 2. The van der Waals surface area contributed by atoms with E-state index >= 15 is 0 Å². The highest BCUT2D eigenvalue weighted by molar-refractivity contribution is 5.84. The minimum absolute atomic E-state index is 1.02. The van der Waals surface area contributed by atoms with E-state index in [9.17, 15) is 0 Å². The minimum atomic E-state index is 1.02. The molecule has 2 heterocycles. The summed E-state index contributed by atoms with van der Waals surface area (Å²) in [5.74, 6) is 0. The Labute approximate surface area is 91.7 Å². The van der Waals surface area contributed by atoms with Crippen LogP contribution >= 0.6 is 0 Å². The molecule has 2 aromatic rings. The van der Waals surface area contributed by atoms with E-state index in [4.69, 9.17) is 0 Å². The fraction of sp³-hybridized carbons (Fsp3) is 0.462. The highest BCUT2D eigenvalue weighted by Gasteiger charge is 2.07. The first-order chi connectivity index (χ1) is 7.24. The van der Waals surface area contributed by atoms with E-state index in [0.717, 1.165) is 12.1 Å². The van der Waals surface area contributed by atoms with Crippen molar-refractivity contribution in [2.75, 3.05) is 0 Å². The topological polar surface area (TPSA) is 28.7 Å². The van der Waals surface area contributed by atoms with Gasteiger partial charge in [-0.15, -0.1) is 0 Å². The summed E-state index contributed by atoms with van der Waals surface area (Å²) in [6.07, 6.45) is 2.94. The summed E-state index contributed by atoms with van der Waals surface area (Å²) in [6, 6.07) is 2.10. The second-order valence-electron chi connectivity index (χ2n) is 3.42. The summed E-state index contributed by atoms with van der Waals surface area (Å²) in [5, 5.41) is 1.31. The van der Waals surface area contributed by atoms with Crippen molar-refractivity contribution in [3.63, 3.8) is 0 Å². The van der Waals surface area contributed by atoms with Gasteiger partial charge in [0.15, 0.2) is 0 Å². The number of nitrogens with zero attached hydrogens (tertiary/aromatic N) is 1. The molecule has 0 radical (unpaired) electrons. The monoisotopic (exact) mass is 204 g/mol. The van der Waals surface area contributed by atoms with Gasteiger partial charge in [-0.25, -0.2) is 4.98 Å². The molecule has 0 atom stereocenters. The molecule has 0 saturated heterocycles. The van der Waals surface area contributed by atoms with E-state index in [0.29, 0.717) is 0 Å². The van der Waals surface area contributed by atoms with Crippen LogP contribution in [0.2, 0.25) is 0 Å². The van der Waals surface area contributed by atoms with Gasteiger partial charge in [0.2, 0.25) is 0 Å². The summed E-state index contributed by atoms with van der Waals surface area (Å²) in [4.78, 5) is 7.61. The van der Waals surface area contributed by atoms with Crippen LogP contribution in [0.3, 0.4) is 0 Å². The maximum Gasteiger partial charge on any atom is 0.137 e. The largest absolute Gasteiger partial charge is 0.343 e. The van der Waals surface area contributed by atoms with Crippen LogP contribution < -0.4 is 0 Å². The summed E-state index contributed by atoms with van der Waals surface area (Å²) < 4.78 is 0. The number of pyridine rings is 1. The van der Waals surface area contributed by atoms with Gasteiger partial charge in [-0.3, -0.25) is 0 Å². The number of aryl methyl sites for hydroxylation is 3. The lowest BCUT2D eigenvalue weighted by molar-refractivity contribution is 1.14. The zero-order valence-corrected chi connectivity index (χ0v) is 10.3. The van der Waals surface area contributed by atoms with Crippen molar-refractivity contribution in [3.05, 3.63) is 29.1 Å². The van der Waals surface area contributed by atoms with Crippen LogP contribution in [0.1, 0.15) is 37.6 Å². The molecule has 0 fully saturated rings. The summed E-state index contributed by atoms with van der Waals surface area (Å²) >= 11 is 0. The van der Waals surface area contributed by atoms with Crippen LogP contribution in [-0.4, -0.2) is 9.97 Å². The average molecular weight is 204 g/mol. The van der Waals surface area contributed by atoms with Crippen LogP contribution in [0.15, 0.2) is 12.3 Å². The van der Waals surface area contributed by atoms with Crippen LogP contribution in [0, 0.1) is 13.8 Å². The van der Waals surface area contributed by atoms with Crippen molar-refractivity contribution in [3.8, 4) is 0 Å². The van der Waals surface area contributed by atoms with E-state index in [1.807, 2.05) is 20.0 Å². The molecule has 0 aliphatic rings. The van der Waals surface area contributed by atoms with Gasteiger partial charge in [-0.2, -0.15) is 0 Å². The zero-order chi connectivity index (χ0) is 11.4. The number of H-pyrrole nitrogens is 1. The second kappa shape index (κ2) is 4.96. The van der Waals surface area contributed by atoms with Crippen LogP contribution in [0.5, 0.6) is 0 Å². The lowest BCUT2D eigenvalue weighted by atomic mass is 10.1. The van der Waals surface area contributed by atoms with Gasteiger partial charge < -0.3 is 4.98 Å². The smallest absolute Gasteiger partial charge is 0.137 e. The van der Waals surface area contributed by atoms with Crippen LogP contribution in [0.25, 0.3) is 11.0 Å². The second-order valence-corrected chi connectivity index (χ2v) is 3.42. The summed E-state index contributed by atoms with van der Waals surface area (Å²) in [7, 11) is 0. The molecule has 0 aromatic carbocycles. The fourth-order valence-corrected chi connectivity index (χ4v) is 1.77. The number of hydrogen-bond acceptors (Lipinski definition) is 1. The third-order valence-electron chi connectivity index (χ3n) is 2.66. The first-order valence-electron chi connectivity index (χ1n) is 5.66. The Balaban J connectivity index is 0.000000531. The molecule has 0 saturated carbocycles. The van der Waals surface area contributed by atoms with Gasteiger partial charge >= 0.3 is 0 Å². The summed E-state index contributed by atoms with van der Waals surface area (Å²) in [6.45, 7) is 10.4. The first-order valence-corrected chi connectivity index (χ1v) is 5.66.